The summed E-state index contributed by atoms with van der Waals surface area (Å²) < 4.78 is 11.2. The molecule has 3 atom stereocenters. The minimum Gasteiger partial charge on any atom is -0.384 e. The highest BCUT2D eigenvalue weighted by molar-refractivity contribution is 4.88. The Morgan fingerprint density at radius 3 is 2.65 bits per heavy atom. The number of rotatable bonds is 5. The van der Waals surface area contributed by atoms with Gasteiger partial charge in [0.25, 0.3) is 0 Å². The number of nitrogens with two attached hydrogens (primary N) is 1. The molecule has 0 bridgehead atoms. The Hall–Kier alpha value is -0.160. The Kier molecular flexibility index (Phi) is 5.38. The molecular weight excluding hydrogens is 216 g/mol. The normalized spacial score (nSPS) is 28.9. The first kappa shape index (κ1) is 14.9. The van der Waals surface area contributed by atoms with Crippen molar-refractivity contribution in [3.8, 4) is 0 Å². The predicted octanol–water partition coefficient (Wildman–Crippen LogP) is 1.10. The predicted molar refractivity (Wildman–Crippen MR) is 70.1 cm³/mol. The molecule has 17 heavy (non-hydrogen) atoms. The van der Waals surface area contributed by atoms with Crippen LogP contribution in [-0.4, -0.2) is 56.0 Å². The number of hydrogen-bond acceptors (Lipinski definition) is 4. The van der Waals surface area contributed by atoms with Crippen molar-refractivity contribution in [1.82, 2.24) is 4.90 Å². The quantitative estimate of drug-likeness (QED) is 0.786. The van der Waals surface area contributed by atoms with Crippen LogP contribution in [0.15, 0.2) is 0 Å². The van der Waals surface area contributed by atoms with E-state index >= 15 is 0 Å². The third kappa shape index (κ3) is 4.21. The first-order valence-electron chi connectivity index (χ1n) is 6.50. The molecule has 0 aliphatic carbocycles. The molecule has 4 nitrogen and oxygen atoms in total. The van der Waals surface area contributed by atoms with E-state index in [-0.39, 0.29) is 11.7 Å². The van der Waals surface area contributed by atoms with Crippen LogP contribution >= 0.6 is 0 Å². The van der Waals surface area contributed by atoms with Gasteiger partial charge in [-0.15, -0.1) is 0 Å². The SMILES string of the molecule is COCC(C)C(CN)N1CC(C)OC(C)(C)C1. The second kappa shape index (κ2) is 6.14. The molecule has 0 aromatic rings. The van der Waals surface area contributed by atoms with Gasteiger partial charge in [0.15, 0.2) is 0 Å². The van der Waals surface area contributed by atoms with Gasteiger partial charge in [-0.05, 0) is 26.7 Å². The zero-order valence-electron chi connectivity index (χ0n) is 11.9. The van der Waals surface area contributed by atoms with Gasteiger partial charge in [0, 0.05) is 32.8 Å². The zero-order chi connectivity index (χ0) is 13.1. The van der Waals surface area contributed by atoms with Gasteiger partial charge in [-0.2, -0.15) is 0 Å². The van der Waals surface area contributed by atoms with Gasteiger partial charge in [-0.3, -0.25) is 4.90 Å². The van der Waals surface area contributed by atoms with Gasteiger partial charge in [-0.1, -0.05) is 6.92 Å². The summed E-state index contributed by atoms with van der Waals surface area (Å²) in [6, 6.07) is 0.376. The minimum absolute atomic E-state index is 0.0854. The summed E-state index contributed by atoms with van der Waals surface area (Å²) in [6.07, 6.45) is 0.266. The summed E-state index contributed by atoms with van der Waals surface area (Å²) in [5, 5.41) is 0. The van der Waals surface area contributed by atoms with Crippen LogP contribution in [0, 0.1) is 5.92 Å². The van der Waals surface area contributed by atoms with E-state index in [1.807, 2.05) is 0 Å². The van der Waals surface area contributed by atoms with Crippen molar-refractivity contribution in [3.05, 3.63) is 0 Å². The molecule has 1 rings (SSSR count). The summed E-state index contributed by atoms with van der Waals surface area (Å²) in [5.41, 5.74) is 5.85. The maximum absolute atomic E-state index is 5.93. The van der Waals surface area contributed by atoms with Crippen LogP contribution in [0.4, 0.5) is 0 Å². The lowest BCUT2D eigenvalue weighted by molar-refractivity contribution is -0.142. The number of hydrogen-bond donors (Lipinski definition) is 1. The molecule has 0 spiro atoms. The molecule has 1 saturated heterocycles. The highest BCUT2D eigenvalue weighted by Gasteiger charge is 2.35. The minimum atomic E-state index is -0.0854. The van der Waals surface area contributed by atoms with Crippen molar-refractivity contribution in [3.63, 3.8) is 0 Å². The molecule has 2 N–H and O–H groups in total. The van der Waals surface area contributed by atoms with Crippen LogP contribution in [-0.2, 0) is 9.47 Å². The van der Waals surface area contributed by atoms with Crippen LogP contribution in [0.5, 0.6) is 0 Å². The fourth-order valence-electron chi connectivity index (χ4n) is 2.87. The molecule has 102 valence electrons. The third-order valence-corrected chi connectivity index (χ3v) is 3.39. The van der Waals surface area contributed by atoms with Crippen molar-refractivity contribution in [2.75, 3.05) is 33.4 Å². The summed E-state index contributed by atoms with van der Waals surface area (Å²) in [5.74, 6) is 0.450. The van der Waals surface area contributed by atoms with E-state index in [1.165, 1.54) is 0 Å². The Morgan fingerprint density at radius 2 is 2.18 bits per heavy atom. The number of ether oxygens (including phenoxy) is 2. The van der Waals surface area contributed by atoms with E-state index in [4.69, 9.17) is 15.2 Å². The summed E-state index contributed by atoms with van der Waals surface area (Å²) in [6.45, 7) is 11.9. The number of methoxy groups -OCH3 is 1. The van der Waals surface area contributed by atoms with E-state index in [2.05, 4.69) is 32.6 Å². The van der Waals surface area contributed by atoms with Gasteiger partial charge in [0.1, 0.15) is 0 Å². The highest BCUT2D eigenvalue weighted by Crippen LogP contribution is 2.24. The van der Waals surface area contributed by atoms with Gasteiger partial charge in [-0.25, -0.2) is 0 Å². The van der Waals surface area contributed by atoms with Crippen LogP contribution in [0.2, 0.25) is 0 Å². The Labute approximate surface area is 105 Å². The van der Waals surface area contributed by atoms with Crippen molar-refractivity contribution in [2.24, 2.45) is 11.7 Å². The Morgan fingerprint density at radius 1 is 1.53 bits per heavy atom. The maximum Gasteiger partial charge on any atom is 0.0757 e. The standard InChI is InChI=1S/C13H28N2O2/c1-10(8-16-5)12(6-14)15-7-11(2)17-13(3,4)9-15/h10-12H,6-9,14H2,1-5H3. The lowest BCUT2D eigenvalue weighted by Gasteiger charge is -2.46. The van der Waals surface area contributed by atoms with E-state index < -0.39 is 0 Å². The summed E-state index contributed by atoms with van der Waals surface area (Å²) >= 11 is 0. The molecule has 1 aliphatic rings. The number of morpholine rings is 1. The van der Waals surface area contributed by atoms with E-state index in [9.17, 15) is 0 Å². The van der Waals surface area contributed by atoms with E-state index in [1.54, 1.807) is 7.11 Å². The Bertz CT molecular complexity index is 233. The van der Waals surface area contributed by atoms with Gasteiger partial charge < -0.3 is 15.2 Å². The average Bonchev–Trinajstić information content (AvgIpc) is 2.15. The second-order valence-corrected chi connectivity index (χ2v) is 5.85. The molecule has 3 unspecified atom stereocenters. The third-order valence-electron chi connectivity index (χ3n) is 3.39. The fourth-order valence-corrected chi connectivity index (χ4v) is 2.87. The molecule has 0 aromatic heterocycles. The van der Waals surface area contributed by atoms with Crippen molar-refractivity contribution >= 4 is 0 Å². The van der Waals surface area contributed by atoms with Crippen molar-refractivity contribution < 1.29 is 9.47 Å². The molecular formula is C13H28N2O2. The van der Waals surface area contributed by atoms with Gasteiger partial charge in [0.05, 0.1) is 18.3 Å². The highest BCUT2D eigenvalue weighted by atomic mass is 16.5. The molecule has 4 heteroatoms. The summed E-state index contributed by atoms with van der Waals surface area (Å²) in [4.78, 5) is 2.46. The van der Waals surface area contributed by atoms with Crippen LogP contribution < -0.4 is 5.73 Å². The topological polar surface area (TPSA) is 47.7 Å². The lowest BCUT2D eigenvalue weighted by Crippen LogP contribution is -2.58. The number of nitrogens with zero attached hydrogens (tertiary/aromatic N) is 1. The Balaban J connectivity index is 2.67. The first-order valence-corrected chi connectivity index (χ1v) is 6.50. The van der Waals surface area contributed by atoms with Gasteiger partial charge in [0.2, 0.25) is 0 Å². The largest absolute Gasteiger partial charge is 0.384 e. The average molecular weight is 244 g/mol. The van der Waals surface area contributed by atoms with Crippen LogP contribution in [0.3, 0.4) is 0 Å². The monoisotopic (exact) mass is 244 g/mol. The van der Waals surface area contributed by atoms with Gasteiger partial charge >= 0.3 is 0 Å². The zero-order valence-corrected chi connectivity index (χ0v) is 11.9. The molecule has 1 aliphatic heterocycles. The second-order valence-electron chi connectivity index (χ2n) is 5.85. The van der Waals surface area contributed by atoms with Crippen molar-refractivity contribution in [1.29, 1.82) is 0 Å². The smallest absolute Gasteiger partial charge is 0.0757 e. The molecule has 0 aromatic carbocycles. The molecule has 1 heterocycles. The lowest BCUT2D eigenvalue weighted by atomic mass is 9.96. The maximum atomic E-state index is 5.93. The molecule has 1 fully saturated rings. The van der Waals surface area contributed by atoms with Crippen molar-refractivity contribution in [2.45, 2.75) is 45.4 Å². The van der Waals surface area contributed by atoms with Crippen LogP contribution in [0.25, 0.3) is 0 Å². The van der Waals surface area contributed by atoms with E-state index in [0.717, 1.165) is 19.7 Å². The fraction of sp³-hybridized carbons (Fsp3) is 1.00. The van der Waals surface area contributed by atoms with Crippen LogP contribution in [0.1, 0.15) is 27.7 Å². The molecule has 0 radical (unpaired) electrons. The molecule has 0 amide bonds. The first-order chi connectivity index (χ1) is 7.89. The van der Waals surface area contributed by atoms with E-state index in [0.29, 0.717) is 18.5 Å². The summed E-state index contributed by atoms with van der Waals surface area (Å²) in [7, 11) is 1.75. The molecule has 0 saturated carbocycles.